The molecule has 1 aromatic heterocycles. The molecule has 3 aromatic rings. The van der Waals surface area contributed by atoms with E-state index in [9.17, 15) is 13.2 Å². The van der Waals surface area contributed by atoms with Crippen molar-refractivity contribution in [2.24, 2.45) is 0 Å². The molecular weight excluding hydrogens is 390 g/mol. The van der Waals surface area contributed by atoms with E-state index in [0.717, 1.165) is 20.9 Å². The molecule has 8 heteroatoms. The SMILES string of the molecule is CN(C)S(=O)(=O)CCNC(=O)c1ccc(OCc2ccc3ccccc3n2)cc1. The van der Waals surface area contributed by atoms with Gasteiger partial charge in [-0.15, -0.1) is 0 Å². The summed E-state index contributed by atoms with van der Waals surface area (Å²) >= 11 is 0. The Hall–Kier alpha value is -2.97. The maximum absolute atomic E-state index is 12.1. The lowest BCUT2D eigenvalue weighted by atomic mass is 10.2. The number of fused-ring (bicyclic) bond motifs is 1. The van der Waals surface area contributed by atoms with Gasteiger partial charge in [0.2, 0.25) is 10.0 Å². The molecule has 3 rings (SSSR count). The number of aromatic nitrogens is 1. The van der Waals surface area contributed by atoms with E-state index in [1.165, 1.54) is 14.1 Å². The standard InChI is InChI=1S/C21H23N3O4S/c1-24(2)29(26,27)14-13-22-21(25)17-8-11-19(12-9-17)28-15-18-10-7-16-5-3-4-6-20(16)23-18/h3-12H,13-15H2,1-2H3,(H,22,25). The molecule has 0 saturated heterocycles. The van der Waals surface area contributed by atoms with Crippen molar-refractivity contribution in [1.82, 2.24) is 14.6 Å². The number of carbonyl (C=O) groups is 1. The van der Waals surface area contributed by atoms with Gasteiger partial charge in [0.1, 0.15) is 12.4 Å². The van der Waals surface area contributed by atoms with E-state index in [2.05, 4.69) is 10.3 Å². The van der Waals surface area contributed by atoms with Crippen molar-refractivity contribution in [1.29, 1.82) is 0 Å². The second-order valence-electron chi connectivity index (χ2n) is 6.66. The van der Waals surface area contributed by atoms with Crippen LogP contribution < -0.4 is 10.1 Å². The van der Waals surface area contributed by atoms with E-state index < -0.39 is 10.0 Å². The van der Waals surface area contributed by atoms with Crippen molar-refractivity contribution in [3.8, 4) is 5.75 Å². The van der Waals surface area contributed by atoms with E-state index in [0.29, 0.717) is 17.9 Å². The van der Waals surface area contributed by atoms with Crippen LogP contribution in [-0.4, -0.2) is 50.0 Å². The molecule has 0 atom stereocenters. The van der Waals surface area contributed by atoms with Crippen molar-refractivity contribution in [3.05, 3.63) is 71.9 Å². The first kappa shape index (κ1) is 20.8. The molecule has 0 aliphatic carbocycles. The molecule has 0 saturated carbocycles. The summed E-state index contributed by atoms with van der Waals surface area (Å²) in [7, 11) is -0.414. The third-order valence-corrected chi connectivity index (χ3v) is 6.19. The highest BCUT2D eigenvalue weighted by Gasteiger charge is 2.14. The van der Waals surface area contributed by atoms with E-state index in [4.69, 9.17) is 4.74 Å². The fraction of sp³-hybridized carbons (Fsp3) is 0.238. The Morgan fingerprint density at radius 2 is 1.76 bits per heavy atom. The Balaban J connectivity index is 1.53. The minimum atomic E-state index is -3.34. The van der Waals surface area contributed by atoms with E-state index >= 15 is 0 Å². The number of ether oxygens (including phenoxy) is 1. The van der Waals surface area contributed by atoms with Crippen LogP contribution in [0.2, 0.25) is 0 Å². The molecule has 0 unspecified atom stereocenters. The summed E-state index contributed by atoms with van der Waals surface area (Å²) in [6.07, 6.45) is 0. The number of sulfonamides is 1. The topological polar surface area (TPSA) is 88.6 Å². The second kappa shape index (κ2) is 9.02. The third-order valence-electron chi connectivity index (χ3n) is 4.36. The first-order valence-electron chi connectivity index (χ1n) is 9.11. The molecule has 0 radical (unpaired) electrons. The summed E-state index contributed by atoms with van der Waals surface area (Å²) < 4.78 is 30.3. The molecule has 0 aliphatic heterocycles. The van der Waals surface area contributed by atoms with Crippen molar-refractivity contribution >= 4 is 26.8 Å². The third kappa shape index (κ3) is 5.52. The largest absolute Gasteiger partial charge is 0.487 e. The van der Waals surface area contributed by atoms with Gasteiger partial charge in [-0.3, -0.25) is 4.79 Å². The number of pyridine rings is 1. The summed E-state index contributed by atoms with van der Waals surface area (Å²) in [6, 6.07) is 18.5. The number of carbonyl (C=O) groups excluding carboxylic acids is 1. The predicted molar refractivity (Wildman–Crippen MR) is 112 cm³/mol. The molecule has 1 N–H and O–H groups in total. The van der Waals surface area contributed by atoms with Crippen LogP contribution in [0.15, 0.2) is 60.7 Å². The van der Waals surface area contributed by atoms with Gasteiger partial charge in [-0.1, -0.05) is 24.3 Å². The summed E-state index contributed by atoms with van der Waals surface area (Å²) in [4.78, 5) is 16.7. The quantitative estimate of drug-likeness (QED) is 0.613. The molecule has 0 fully saturated rings. The predicted octanol–water partition coefficient (Wildman–Crippen LogP) is 2.44. The zero-order valence-corrected chi connectivity index (χ0v) is 17.1. The zero-order chi connectivity index (χ0) is 20.9. The summed E-state index contributed by atoms with van der Waals surface area (Å²) in [5.41, 5.74) is 2.16. The monoisotopic (exact) mass is 413 g/mol. The molecule has 1 amide bonds. The number of rotatable bonds is 8. The number of nitrogens with one attached hydrogen (secondary N) is 1. The molecule has 7 nitrogen and oxygen atoms in total. The van der Waals surface area contributed by atoms with Crippen LogP contribution in [0.25, 0.3) is 10.9 Å². The number of benzene rings is 2. The lowest BCUT2D eigenvalue weighted by molar-refractivity contribution is 0.0956. The van der Waals surface area contributed by atoms with Crippen molar-refractivity contribution < 1.29 is 17.9 Å². The normalized spacial score (nSPS) is 11.6. The minimum Gasteiger partial charge on any atom is -0.487 e. The van der Waals surface area contributed by atoms with Gasteiger partial charge in [-0.2, -0.15) is 0 Å². The minimum absolute atomic E-state index is 0.0469. The Kier molecular flexibility index (Phi) is 6.46. The number of hydrogen-bond donors (Lipinski definition) is 1. The fourth-order valence-electron chi connectivity index (χ4n) is 2.63. The first-order chi connectivity index (χ1) is 13.8. The van der Waals surface area contributed by atoms with Gasteiger partial charge in [-0.05, 0) is 36.4 Å². The Morgan fingerprint density at radius 3 is 2.48 bits per heavy atom. The van der Waals surface area contributed by atoms with Gasteiger partial charge < -0.3 is 10.1 Å². The van der Waals surface area contributed by atoms with Crippen LogP contribution in [0, 0.1) is 0 Å². The van der Waals surface area contributed by atoms with Crippen molar-refractivity contribution in [2.75, 3.05) is 26.4 Å². The molecule has 2 aromatic carbocycles. The highest BCUT2D eigenvalue weighted by molar-refractivity contribution is 7.89. The summed E-state index contributed by atoms with van der Waals surface area (Å²) in [5, 5.41) is 3.68. The summed E-state index contributed by atoms with van der Waals surface area (Å²) in [6.45, 7) is 0.365. The van der Waals surface area contributed by atoms with E-state index in [-0.39, 0.29) is 18.2 Å². The van der Waals surface area contributed by atoms with Gasteiger partial charge >= 0.3 is 0 Å². The zero-order valence-electron chi connectivity index (χ0n) is 16.3. The van der Waals surface area contributed by atoms with Gasteiger partial charge in [0.05, 0.1) is 17.0 Å². The highest BCUT2D eigenvalue weighted by atomic mass is 32.2. The van der Waals surface area contributed by atoms with E-state index in [1.807, 2.05) is 36.4 Å². The van der Waals surface area contributed by atoms with Crippen LogP contribution in [0.5, 0.6) is 5.75 Å². The van der Waals surface area contributed by atoms with Gasteiger partial charge in [0, 0.05) is 31.6 Å². The van der Waals surface area contributed by atoms with Gasteiger partial charge in [0.25, 0.3) is 5.91 Å². The fourth-order valence-corrected chi connectivity index (χ4v) is 3.35. The van der Waals surface area contributed by atoms with Crippen LogP contribution in [0.3, 0.4) is 0 Å². The van der Waals surface area contributed by atoms with E-state index in [1.54, 1.807) is 24.3 Å². The van der Waals surface area contributed by atoms with Gasteiger partial charge in [-0.25, -0.2) is 17.7 Å². The lowest BCUT2D eigenvalue weighted by Crippen LogP contribution is -2.33. The molecule has 0 bridgehead atoms. The number of para-hydroxylation sites is 1. The average Bonchev–Trinajstić information content (AvgIpc) is 2.72. The number of nitrogens with zero attached hydrogens (tertiary/aromatic N) is 2. The van der Waals surface area contributed by atoms with Crippen LogP contribution in [0.1, 0.15) is 16.1 Å². The molecular formula is C21H23N3O4S. The maximum atomic E-state index is 12.1. The van der Waals surface area contributed by atoms with Crippen LogP contribution >= 0.6 is 0 Å². The summed E-state index contributed by atoms with van der Waals surface area (Å²) in [5.74, 6) is 0.138. The van der Waals surface area contributed by atoms with Crippen molar-refractivity contribution in [3.63, 3.8) is 0 Å². The number of amides is 1. The van der Waals surface area contributed by atoms with Crippen LogP contribution in [0.4, 0.5) is 0 Å². The molecule has 1 heterocycles. The molecule has 152 valence electrons. The van der Waals surface area contributed by atoms with Crippen molar-refractivity contribution in [2.45, 2.75) is 6.61 Å². The molecule has 29 heavy (non-hydrogen) atoms. The second-order valence-corrected chi connectivity index (χ2v) is 8.97. The average molecular weight is 413 g/mol. The number of hydrogen-bond acceptors (Lipinski definition) is 5. The lowest BCUT2D eigenvalue weighted by Gasteiger charge is -2.12. The Morgan fingerprint density at radius 1 is 1.03 bits per heavy atom. The Labute approximate surface area is 170 Å². The smallest absolute Gasteiger partial charge is 0.251 e. The Bertz CT molecular complexity index is 1100. The first-order valence-corrected chi connectivity index (χ1v) is 10.7. The maximum Gasteiger partial charge on any atom is 0.251 e. The molecule has 0 spiro atoms. The molecule has 0 aliphatic rings. The van der Waals surface area contributed by atoms with Crippen LogP contribution in [-0.2, 0) is 16.6 Å². The highest BCUT2D eigenvalue weighted by Crippen LogP contribution is 2.16. The van der Waals surface area contributed by atoms with Gasteiger partial charge in [0.15, 0.2) is 0 Å².